The predicted octanol–water partition coefficient (Wildman–Crippen LogP) is 3.43. The van der Waals surface area contributed by atoms with Gasteiger partial charge >= 0.3 is 0 Å². The molecule has 2 aromatic heterocycles. The lowest BCUT2D eigenvalue weighted by Gasteiger charge is -2.10. The summed E-state index contributed by atoms with van der Waals surface area (Å²) in [6.07, 6.45) is 3.22. The molecule has 0 aliphatic carbocycles. The molecule has 2 heterocycles. The first-order valence-corrected chi connectivity index (χ1v) is 8.77. The van der Waals surface area contributed by atoms with Gasteiger partial charge in [0, 0.05) is 11.8 Å². The summed E-state index contributed by atoms with van der Waals surface area (Å²) >= 11 is 7.06. The highest BCUT2D eigenvalue weighted by atomic mass is 35.5. The number of hydrogen-bond donors (Lipinski definition) is 2. The molecule has 0 aliphatic rings. The van der Waals surface area contributed by atoms with E-state index in [1.54, 1.807) is 25.3 Å². The number of carbonyl (C=O) groups is 1. The van der Waals surface area contributed by atoms with Crippen molar-refractivity contribution < 1.29 is 4.79 Å². The predicted molar refractivity (Wildman–Crippen MR) is 101 cm³/mol. The van der Waals surface area contributed by atoms with E-state index >= 15 is 0 Å². The Bertz CT molecular complexity index is 867. The molecule has 1 atom stereocenters. The fourth-order valence-corrected chi connectivity index (χ4v) is 3.02. The number of nitrogens with zero attached hydrogens (tertiary/aromatic N) is 3. The summed E-state index contributed by atoms with van der Waals surface area (Å²) in [7, 11) is 0. The lowest BCUT2D eigenvalue weighted by molar-refractivity contribution is -0.115. The Kier molecular flexibility index (Phi) is 5.25. The van der Waals surface area contributed by atoms with Gasteiger partial charge in [-0.1, -0.05) is 53.7 Å². The number of nitrogens with one attached hydrogen (secondary N) is 1. The minimum absolute atomic E-state index is 0.191. The maximum atomic E-state index is 12.3. The van der Waals surface area contributed by atoms with Crippen LogP contribution in [0.15, 0.2) is 60.0 Å². The van der Waals surface area contributed by atoms with E-state index in [0.717, 1.165) is 11.3 Å². The van der Waals surface area contributed by atoms with Gasteiger partial charge in [-0.25, -0.2) is 14.6 Å². The van der Waals surface area contributed by atoms with Gasteiger partial charge < -0.3 is 11.2 Å². The number of nitrogens with two attached hydrogens (primary N) is 1. The second-order valence-corrected chi connectivity index (χ2v) is 7.04. The minimum atomic E-state index is -0.397. The first kappa shape index (κ1) is 17.3. The number of hydrogen-bond acceptors (Lipinski definition) is 5. The van der Waals surface area contributed by atoms with E-state index in [-0.39, 0.29) is 5.91 Å². The zero-order valence-electron chi connectivity index (χ0n) is 13.4. The van der Waals surface area contributed by atoms with Gasteiger partial charge in [0.25, 0.3) is 0 Å². The Morgan fingerprint density at radius 2 is 2.04 bits per heavy atom. The van der Waals surface area contributed by atoms with Gasteiger partial charge in [0.15, 0.2) is 5.16 Å². The van der Waals surface area contributed by atoms with Crippen molar-refractivity contribution in [3.63, 3.8) is 0 Å². The molecule has 25 heavy (non-hydrogen) atoms. The van der Waals surface area contributed by atoms with Gasteiger partial charge in [0.1, 0.15) is 5.82 Å². The molecular weight excluding hydrogens is 358 g/mol. The number of rotatable bonds is 5. The third-order valence-electron chi connectivity index (χ3n) is 3.40. The van der Waals surface area contributed by atoms with E-state index in [1.807, 2.05) is 30.3 Å². The Morgan fingerprint density at radius 1 is 1.28 bits per heavy atom. The van der Waals surface area contributed by atoms with Crippen LogP contribution in [-0.2, 0) is 4.79 Å². The molecular formula is C17H16ClN5OS. The van der Waals surface area contributed by atoms with Crippen molar-refractivity contribution in [2.45, 2.75) is 17.3 Å². The molecule has 3 N–H and O–H groups in total. The van der Waals surface area contributed by atoms with Crippen molar-refractivity contribution in [3.8, 4) is 11.3 Å². The summed E-state index contributed by atoms with van der Waals surface area (Å²) in [6.45, 7) is 1.78. The molecule has 3 aromatic rings. The second-order valence-electron chi connectivity index (χ2n) is 5.29. The highest BCUT2D eigenvalue weighted by Gasteiger charge is 2.19. The van der Waals surface area contributed by atoms with Crippen LogP contribution in [0.1, 0.15) is 6.92 Å². The van der Waals surface area contributed by atoms with Crippen molar-refractivity contribution in [2.75, 3.05) is 11.2 Å². The van der Waals surface area contributed by atoms with E-state index in [9.17, 15) is 4.79 Å². The van der Waals surface area contributed by atoms with Crippen LogP contribution in [0.5, 0.6) is 0 Å². The Hall–Kier alpha value is -2.51. The smallest absolute Gasteiger partial charge is 0.238 e. The number of benzene rings is 1. The first-order chi connectivity index (χ1) is 12.0. The monoisotopic (exact) mass is 373 g/mol. The lowest BCUT2D eigenvalue weighted by Crippen LogP contribution is -2.23. The quantitative estimate of drug-likeness (QED) is 0.528. The topological polar surface area (TPSA) is 85.8 Å². The van der Waals surface area contributed by atoms with Crippen molar-refractivity contribution in [1.82, 2.24) is 14.6 Å². The van der Waals surface area contributed by atoms with Gasteiger partial charge in [-0.2, -0.15) is 0 Å². The van der Waals surface area contributed by atoms with Crippen molar-refractivity contribution in [2.24, 2.45) is 0 Å². The standard InChI is InChI=1S/C17H16ClN5OS/c1-11(16(24)22-15-8-7-13(18)9-20-15)25-17-21-14(10-23(17)19)12-5-3-2-4-6-12/h2-11H,19H2,1H3,(H,20,22,24). The molecule has 1 amide bonds. The van der Waals surface area contributed by atoms with Gasteiger partial charge in [-0.05, 0) is 19.1 Å². The first-order valence-electron chi connectivity index (χ1n) is 7.52. The normalized spacial score (nSPS) is 11.9. The molecule has 1 unspecified atom stereocenters. The van der Waals surface area contributed by atoms with Crippen molar-refractivity contribution in [3.05, 3.63) is 59.9 Å². The van der Waals surface area contributed by atoms with Gasteiger partial charge in [0.05, 0.1) is 22.2 Å². The van der Waals surface area contributed by atoms with Crippen LogP contribution in [0, 0.1) is 0 Å². The number of carbonyl (C=O) groups excluding carboxylic acids is 1. The van der Waals surface area contributed by atoms with Crippen LogP contribution in [0.2, 0.25) is 5.02 Å². The average Bonchev–Trinajstić information content (AvgIpc) is 2.98. The Balaban J connectivity index is 1.68. The van der Waals surface area contributed by atoms with Gasteiger partial charge in [-0.15, -0.1) is 0 Å². The van der Waals surface area contributed by atoms with E-state index in [0.29, 0.717) is 16.0 Å². The van der Waals surface area contributed by atoms with E-state index < -0.39 is 5.25 Å². The molecule has 0 fully saturated rings. The third kappa shape index (κ3) is 4.32. The third-order valence-corrected chi connectivity index (χ3v) is 4.70. The number of pyridine rings is 1. The fourth-order valence-electron chi connectivity index (χ4n) is 2.10. The summed E-state index contributed by atoms with van der Waals surface area (Å²) in [5.74, 6) is 6.23. The summed E-state index contributed by atoms with van der Waals surface area (Å²) in [4.78, 5) is 20.9. The Morgan fingerprint density at radius 3 is 2.72 bits per heavy atom. The lowest BCUT2D eigenvalue weighted by atomic mass is 10.2. The van der Waals surface area contributed by atoms with Crippen molar-refractivity contribution >= 4 is 35.1 Å². The van der Waals surface area contributed by atoms with Crippen LogP contribution in [0.3, 0.4) is 0 Å². The highest BCUT2D eigenvalue weighted by Crippen LogP contribution is 2.26. The van der Waals surface area contributed by atoms with Crippen LogP contribution in [0.4, 0.5) is 5.82 Å². The summed E-state index contributed by atoms with van der Waals surface area (Å²) in [6, 6.07) is 13.0. The van der Waals surface area contributed by atoms with Crippen molar-refractivity contribution in [1.29, 1.82) is 0 Å². The summed E-state index contributed by atoms with van der Waals surface area (Å²) in [5, 5.41) is 3.42. The molecule has 8 heteroatoms. The van der Waals surface area contributed by atoms with Crippen LogP contribution >= 0.6 is 23.4 Å². The van der Waals surface area contributed by atoms with Gasteiger partial charge in [-0.3, -0.25) is 4.79 Å². The van der Waals surface area contributed by atoms with Gasteiger partial charge in [0.2, 0.25) is 5.91 Å². The molecule has 0 saturated heterocycles. The zero-order valence-corrected chi connectivity index (χ0v) is 15.0. The number of thioether (sulfide) groups is 1. The van der Waals surface area contributed by atoms with E-state index in [1.165, 1.54) is 22.6 Å². The summed E-state index contributed by atoms with van der Waals surface area (Å²) < 4.78 is 1.43. The van der Waals surface area contributed by atoms with Crippen LogP contribution < -0.4 is 11.2 Å². The number of halogens is 1. The maximum absolute atomic E-state index is 12.3. The summed E-state index contributed by atoms with van der Waals surface area (Å²) in [5.41, 5.74) is 1.73. The molecule has 0 spiro atoms. The van der Waals surface area contributed by atoms with Crippen LogP contribution in [-0.4, -0.2) is 25.8 Å². The molecule has 6 nitrogen and oxygen atoms in total. The molecule has 0 aliphatic heterocycles. The number of imidazole rings is 1. The fraction of sp³-hybridized carbons (Fsp3) is 0.118. The Labute approximate surface area is 154 Å². The minimum Gasteiger partial charge on any atom is -0.337 e. The van der Waals surface area contributed by atoms with E-state index in [4.69, 9.17) is 17.4 Å². The molecule has 0 saturated carbocycles. The maximum Gasteiger partial charge on any atom is 0.238 e. The number of anilines is 1. The SMILES string of the molecule is CC(Sc1nc(-c2ccccc2)cn1N)C(=O)Nc1ccc(Cl)cn1. The molecule has 128 valence electrons. The highest BCUT2D eigenvalue weighted by molar-refractivity contribution is 8.00. The van der Waals surface area contributed by atoms with E-state index in [2.05, 4.69) is 15.3 Å². The zero-order chi connectivity index (χ0) is 17.8. The largest absolute Gasteiger partial charge is 0.337 e. The second kappa shape index (κ2) is 7.58. The molecule has 0 bridgehead atoms. The average molecular weight is 374 g/mol. The molecule has 3 rings (SSSR count). The number of amides is 1. The number of aromatic nitrogens is 3. The molecule has 0 radical (unpaired) electrons. The van der Waals surface area contributed by atoms with Crippen LogP contribution in [0.25, 0.3) is 11.3 Å². The molecule has 1 aromatic carbocycles. The number of nitrogen functional groups attached to an aromatic ring is 1.